The molecule has 0 saturated carbocycles. The summed E-state index contributed by atoms with van der Waals surface area (Å²) in [5.41, 5.74) is 2.16. The van der Waals surface area contributed by atoms with Gasteiger partial charge in [-0.2, -0.15) is 0 Å². The maximum absolute atomic E-state index is 13.9. The molecule has 0 aliphatic heterocycles. The number of rotatable bonds is 12. The van der Waals surface area contributed by atoms with E-state index >= 15 is 0 Å². The van der Waals surface area contributed by atoms with Gasteiger partial charge in [0.2, 0.25) is 11.8 Å². The third kappa shape index (κ3) is 7.60. The number of amides is 2. The third-order valence-electron chi connectivity index (χ3n) is 6.33. The molecule has 0 fully saturated rings. The first kappa shape index (κ1) is 29.7. The predicted molar refractivity (Wildman–Crippen MR) is 153 cm³/mol. The molecule has 3 rings (SSSR count). The third-order valence-corrected chi connectivity index (χ3v) is 8.12. The molecular weight excluding hydrogens is 514 g/mol. The zero-order valence-corrected chi connectivity index (χ0v) is 23.9. The van der Waals surface area contributed by atoms with E-state index in [4.69, 9.17) is 4.74 Å². The van der Waals surface area contributed by atoms with Gasteiger partial charge in [0, 0.05) is 12.6 Å². The molecule has 0 aliphatic rings. The minimum Gasteiger partial charge on any atom is -0.497 e. The Morgan fingerprint density at radius 3 is 2.15 bits per heavy atom. The van der Waals surface area contributed by atoms with Crippen LogP contribution in [0.5, 0.6) is 5.75 Å². The minimum atomic E-state index is -4.09. The fraction of sp³-hybridized carbons (Fsp3) is 0.333. The molecule has 39 heavy (non-hydrogen) atoms. The molecule has 208 valence electrons. The molecule has 9 heteroatoms. The number of carbonyl (C=O) groups is 2. The van der Waals surface area contributed by atoms with Crippen molar-refractivity contribution in [1.29, 1.82) is 0 Å². The van der Waals surface area contributed by atoms with Crippen LogP contribution in [0.3, 0.4) is 0 Å². The number of nitrogens with one attached hydrogen (secondary N) is 1. The van der Waals surface area contributed by atoms with E-state index in [1.807, 2.05) is 39.0 Å². The molecule has 0 heterocycles. The number of aryl methyl sites for hydroxylation is 1. The molecule has 0 bridgehead atoms. The Kier molecular flexibility index (Phi) is 10.1. The number of carbonyl (C=O) groups excluding carboxylic acids is 2. The second-order valence-electron chi connectivity index (χ2n) is 9.56. The van der Waals surface area contributed by atoms with Gasteiger partial charge < -0.3 is 15.0 Å². The molecule has 1 atom stereocenters. The van der Waals surface area contributed by atoms with E-state index in [2.05, 4.69) is 5.32 Å². The summed E-state index contributed by atoms with van der Waals surface area (Å²) in [5.74, 6) is -0.224. The Bertz CT molecular complexity index is 1360. The van der Waals surface area contributed by atoms with E-state index in [-0.39, 0.29) is 23.4 Å². The molecule has 0 unspecified atom stereocenters. The molecule has 0 radical (unpaired) electrons. The van der Waals surface area contributed by atoms with Crippen LogP contribution in [-0.4, -0.2) is 50.9 Å². The number of anilines is 1. The van der Waals surface area contributed by atoms with E-state index in [0.717, 1.165) is 21.9 Å². The summed E-state index contributed by atoms with van der Waals surface area (Å²) in [7, 11) is -2.53. The first-order valence-corrected chi connectivity index (χ1v) is 14.4. The second-order valence-corrected chi connectivity index (χ2v) is 11.4. The smallest absolute Gasteiger partial charge is 0.264 e. The van der Waals surface area contributed by atoms with Crippen molar-refractivity contribution < 1.29 is 22.7 Å². The molecule has 1 N–H and O–H groups in total. The molecule has 3 aromatic carbocycles. The van der Waals surface area contributed by atoms with Crippen molar-refractivity contribution in [3.8, 4) is 5.75 Å². The van der Waals surface area contributed by atoms with Crippen molar-refractivity contribution in [2.75, 3.05) is 18.0 Å². The molecule has 8 nitrogen and oxygen atoms in total. The largest absolute Gasteiger partial charge is 0.497 e. The minimum absolute atomic E-state index is 0.0716. The maximum atomic E-state index is 13.9. The standard InChI is InChI=1S/C30H37N3O5S/c1-6-24-15-17-26(18-16-24)33(39(36,37)28-13-8-7-9-14-28)21-29(34)32(23(4)30(35)31-22(2)3)20-25-11-10-12-27(19-25)38-5/h7-19,22-23H,6,20-21H2,1-5H3,(H,31,35)/t23-/m1/s1. The SMILES string of the molecule is CCc1ccc(N(CC(=O)N(Cc2cccc(OC)c2)[C@H](C)C(=O)NC(C)C)S(=O)(=O)c2ccccc2)cc1. The molecule has 2 amide bonds. The molecule has 0 aromatic heterocycles. The van der Waals surface area contributed by atoms with Gasteiger partial charge in [-0.1, -0.05) is 49.4 Å². The Hall–Kier alpha value is -3.85. The zero-order chi connectivity index (χ0) is 28.6. The van der Waals surface area contributed by atoms with Crippen LogP contribution in [0.4, 0.5) is 5.69 Å². The van der Waals surface area contributed by atoms with Gasteiger partial charge in [0.1, 0.15) is 18.3 Å². The van der Waals surface area contributed by atoms with Gasteiger partial charge >= 0.3 is 0 Å². The number of benzene rings is 3. The Morgan fingerprint density at radius 1 is 0.897 bits per heavy atom. The number of nitrogens with zero attached hydrogens (tertiary/aromatic N) is 2. The number of hydrogen-bond acceptors (Lipinski definition) is 5. The molecule has 0 aliphatic carbocycles. The van der Waals surface area contributed by atoms with E-state index < -0.39 is 28.5 Å². The monoisotopic (exact) mass is 551 g/mol. The van der Waals surface area contributed by atoms with Gasteiger partial charge in [-0.25, -0.2) is 8.42 Å². The fourth-order valence-corrected chi connectivity index (χ4v) is 5.54. The molecule has 0 saturated heterocycles. The van der Waals surface area contributed by atoms with Crippen LogP contribution in [0.15, 0.2) is 83.8 Å². The molecular formula is C30H37N3O5S. The van der Waals surface area contributed by atoms with Gasteiger partial charge in [0.25, 0.3) is 10.0 Å². The summed E-state index contributed by atoms with van der Waals surface area (Å²) >= 11 is 0. The van der Waals surface area contributed by atoms with Crippen LogP contribution < -0.4 is 14.4 Å². The summed E-state index contributed by atoms with van der Waals surface area (Å²) in [6, 6.07) is 21.3. The van der Waals surface area contributed by atoms with Crippen molar-refractivity contribution >= 4 is 27.5 Å². The fourth-order valence-electron chi connectivity index (χ4n) is 4.10. The Labute approximate surface area is 231 Å². The highest BCUT2D eigenvalue weighted by Crippen LogP contribution is 2.25. The average Bonchev–Trinajstić information content (AvgIpc) is 2.94. The number of methoxy groups -OCH3 is 1. The first-order valence-electron chi connectivity index (χ1n) is 13.0. The van der Waals surface area contributed by atoms with Crippen LogP contribution in [0, 0.1) is 0 Å². The summed E-state index contributed by atoms with van der Waals surface area (Å²) in [4.78, 5) is 28.4. The first-order chi connectivity index (χ1) is 18.6. The quantitative estimate of drug-likeness (QED) is 0.360. The lowest BCUT2D eigenvalue weighted by atomic mass is 10.1. The number of hydrogen-bond donors (Lipinski definition) is 1. The average molecular weight is 552 g/mol. The summed E-state index contributed by atoms with van der Waals surface area (Å²) in [5, 5.41) is 2.85. The van der Waals surface area contributed by atoms with E-state index in [0.29, 0.717) is 11.4 Å². The van der Waals surface area contributed by atoms with Crippen LogP contribution in [0.2, 0.25) is 0 Å². The van der Waals surface area contributed by atoms with E-state index in [1.54, 1.807) is 62.6 Å². The predicted octanol–water partition coefficient (Wildman–Crippen LogP) is 4.39. The van der Waals surface area contributed by atoms with Crippen molar-refractivity contribution in [1.82, 2.24) is 10.2 Å². The lowest BCUT2D eigenvalue weighted by Crippen LogP contribution is -2.52. The Morgan fingerprint density at radius 2 is 1.56 bits per heavy atom. The summed E-state index contributed by atoms with van der Waals surface area (Å²) in [6.45, 7) is 6.95. The van der Waals surface area contributed by atoms with E-state index in [9.17, 15) is 18.0 Å². The van der Waals surface area contributed by atoms with Crippen molar-refractivity contribution in [2.45, 2.75) is 57.6 Å². The highest BCUT2D eigenvalue weighted by Gasteiger charge is 2.32. The number of ether oxygens (including phenoxy) is 1. The Balaban J connectivity index is 2.03. The van der Waals surface area contributed by atoms with Crippen molar-refractivity contribution in [2.24, 2.45) is 0 Å². The van der Waals surface area contributed by atoms with Crippen LogP contribution in [0.1, 0.15) is 38.8 Å². The number of sulfonamides is 1. The van der Waals surface area contributed by atoms with Gasteiger partial charge in [0.05, 0.1) is 17.7 Å². The molecule has 0 spiro atoms. The van der Waals surface area contributed by atoms with E-state index in [1.165, 1.54) is 17.0 Å². The highest BCUT2D eigenvalue weighted by atomic mass is 32.2. The maximum Gasteiger partial charge on any atom is 0.264 e. The van der Waals surface area contributed by atoms with Gasteiger partial charge in [-0.3, -0.25) is 13.9 Å². The second kappa shape index (κ2) is 13.3. The van der Waals surface area contributed by atoms with Gasteiger partial charge in [0.15, 0.2) is 0 Å². The van der Waals surface area contributed by atoms with Crippen LogP contribution in [-0.2, 0) is 32.6 Å². The van der Waals surface area contributed by atoms with Crippen LogP contribution >= 0.6 is 0 Å². The summed E-state index contributed by atoms with van der Waals surface area (Å²) in [6.07, 6.45) is 0.793. The highest BCUT2D eigenvalue weighted by molar-refractivity contribution is 7.92. The van der Waals surface area contributed by atoms with Gasteiger partial charge in [-0.05, 0) is 74.7 Å². The topological polar surface area (TPSA) is 96.0 Å². The normalized spacial score (nSPS) is 12.1. The lowest BCUT2D eigenvalue weighted by Gasteiger charge is -2.32. The summed E-state index contributed by atoms with van der Waals surface area (Å²) < 4.78 is 34.0. The van der Waals surface area contributed by atoms with Gasteiger partial charge in [-0.15, -0.1) is 0 Å². The van der Waals surface area contributed by atoms with Crippen LogP contribution in [0.25, 0.3) is 0 Å². The molecule has 3 aromatic rings. The van der Waals surface area contributed by atoms with Crippen molar-refractivity contribution in [3.05, 3.63) is 90.0 Å². The zero-order valence-electron chi connectivity index (χ0n) is 23.1. The van der Waals surface area contributed by atoms with Crippen molar-refractivity contribution in [3.63, 3.8) is 0 Å². The lowest BCUT2D eigenvalue weighted by molar-refractivity contribution is -0.139.